The van der Waals surface area contributed by atoms with Gasteiger partial charge in [-0.1, -0.05) is 25.3 Å². The fourth-order valence-electron chi connectivity index (χ4n) is 3.48. The van der Waals surface area contributed by atoms with Crippen molar-refractivity contribution in [2.45, 2.75) is 32.1 Å². The van der Waals surface area contributed by atoms with Gasteiger partial charge in [-0.3, -0.25) is 0 Å². The molecule has 4 nitrogen and oxygen atoms in total. The Morgan fingerprint density at radius 2 is 2.00 bits per heavy atom. The Labute approximate surface area is 119 Å². The van der Waals surface area contributed by atoms with Crippen molar-refractivity contribution < 1.29 is 14.6 Å². The highest BCUT2D eigenvalue weighted by atomic mass is 16.5. The second kappa shape index (κ2) is 5.35. The van der Waals surface area contributed by atoms with Crippen LogP contribution in [0.2, 0.25) is 0 Å². The SMILES string of the molecule is O=C(O)COc1cccc(N2CC3(CCCCC3)C2)c1. The molecule has 0 amide bonds. The Morgan fingerprint density at radius 3 is 2.70 bits per heavy atom. The predicted octanol–water partition coefficient (Wildman–Crippen LogP) is 2.92. The van der Waals surface area contributed by atoms with Crippen LogP contribution in [0.1, 0.15) is 32.1 Å². The van der Waals surface area contributed by atoms with Crippen LogP contribution in [0.5, 0.6) is 5.75 Å². The lowest BCUT2D eigenvalue weighted by Gasteiger charge is -2.53. The smallest absolute Gasteiger partial charge is 0.341 e. The Bertz CT molecular complexity index is 486. The molecular weight excluding hydrogens is 254 g/mol. The van der Waals surface area contributed by atoms with Gasteiger partial charge in [0.2, 0.25) is 0 Å². The van der Waals surface area contributed by atoms with Crippen LogP contribution in [-0.4, -0.2) is 30.8 Å². The maximum atomic E-state index is 10.5. The molecule has 0 aromatic heterocycles. The van der Waals surface area contributed by atoms with Crippen molar-refractivity contribution >= 4 is 11.7 Å². The molecule has 108 valence electrons. The Balaban J connectivity index is 1.61. The minimum absolute atomic E-state index is 0.284. The molecule has 4 heteroatoms. The average molecular weight is 275 g/mol. The second-order valence-corrected chi connectivity index (χ2v) is 6.10. The highest BCUT2D eigenvalue weighted by Crippen LogP contribution is 2.45. The van der Waals surface area contributed by atoms with E-state index in [0.29, 0.717) is 11.2 Å². The van der Waals surface area contributed by atoms with Crippen LogP contribution in [-0.2, 0) is 4.79 Å². The van der Waals surface area contributed by atoms with Gasteiger partial charge in [0, 0.05) is 30.3 Å². The van der Waals surface area contributed by atoms with E-state index in [1.807, 2.05) is 18.2 Å². The molecule has 1 aliphatic heterocycles. The summed E-state index contributed by atoms with van der Waals surface area (Å²) >= 11 is 0. The van der Waals surface area contributed by atoms with Crippen LogP contribution in [0.25, 0.3) is 0 Å². The third kappa shape index (κ3) is 2.74. The zero-order valence-corrected chi connectivity index (χ0v) is 11.7. The molecule has 3 rings (SSSR count). The number of hydrogen-bond donors (Lipinski definition) is 1. The van der Waals surface area contributed by atoms with Gasteiger partial charge >= 0.3 is 5.97 Å². The standard InChI is InChI=1S/C16H21NO3/c18-15(19)10-20-14-6-4-5-13(9-14)17-11-16(12-17)7-2-1-3-8-16/h4-6,9H,1-3,7-8,10-12H2,(H,18,19). The van der Waals surface area contributed by atoms with E-state index in [4.69, 9.17) is 9.84 Å². The van der Waals surface area contributed by atoms with Gasteiger partial charge in [-0.15, -0.1) is 0 Å². The minimum atomic E-state index is -0.944. The third-order valence-electron chi connectivity index (χ3n) is 4.51. The summed E-state index contributed by atoms with van der Waals surface area (Å²) < 4.78 is 5.24. The quantitative estimate of drug-likeness (QED) is 0.918. The Kier molecular flexibility index (Phi) is 3.55. The van der Waals surface area contributed by atoms with Gasteiger partial charge in [0.25, 0.3) is 0 Å². The first-order valence-electron chi connectivity index (χ1n) is 7.37. The summed E-state index contributed by atoms with van der Waals surface area (Å²) in [5, 5.41) is 8.64. The van der Waals surface area contributed by atoms with Gasteiger partial charge in [-0.05, 0) is 25.0 Å². The number of rotatable bonds is 4. The number of aliphatic carboxylic acids is 1. The van der Waals surface area contributed by atoms with Gasteiger partial charge in [-0.25, -0.2) is 4.79 Å². The summed E-state index contributed by atoms with van der Waals surface area (Å²) in [4.78, 5) is 12.9. The van der Waals surface area contributed by atoms with Crippen LogP contribution in [0.3, 0.4) is 0 Å². The molecule has 1 aromatic rings. The molecule has 2 fully saturated rings. The fraction of sp³-hybridized carbons (Fsp3) is 0.562. The van der Waals surface area contributed by atoms with Crippen molar-refractivity contribution in [3.8, 4) is 5.75 Å². The third-order valence-corrected chi connectivity index (χ3v) is 4.51. The maximum Gasteiger partial charge on any atom is 0.341 e. The van der Waals surface area contributed by atoms with Crippen molar-refractivity contribution in [3.05, 3.63) is 24.3 Å². The summed E-state index contributed by atoms with van der Waals surface area (Å²) in [5.41, 5.74) is 1.69. The summed E-state index contributed by atoms with van der Waals surface area (Å²) in [7, 11) is 0. The number of benzene rings is 1. The molecule has 1 heterocycles. The van der Waals surface area contributed by atoms with Crippen LogP contribution in [0, 0.1) is 5.41 Å². The van der Waals surface area contributed by atoms with E-state index in [1.54, 1.807) is 0 Å². The lowest BCUT2D eigenvalue weighted by molar-refractivity contribution is -0.139. The van der Waals surface area contributed by atoms with Crippen molar-refractivity contribution in [1.29, 1.82) is 0 Å². The van der Waals surface area contributed by atoms with E-state index in [2.05, 4.69) is 11.0 Å². The number of carbonyl (C=O) groups is 1. The van der Waals surface area contributed by atoms with E-state index in [0.717, 1.165) is 18.8 Å². The highest BCUT2D eigenvalue weighted by molar-refractivity contribution is 5.68. The predicted molar refractivity (Wildman–Crippen MR) is 77.3 cm³/mol. The fourth-order valence-corrected chi connectivity index (χ4v) is 3.48. The van der Waals surface area contributed by atoms with Gasteiger partial charge < -0.3 is 14.7 Å². The minimum Gasteiger partial charge on any atom is -0.482 e. The van der Waals surface area contributed by atoms with Gasteiger partial charge in [-0.2, -0.15) is 0 Å². The van der Waals surface area contributed by atoms with Crippen LogP contribution in [0.4, 0.5) is 5.69 Å². The molecule has 0 atom stereocenters. The van der Waals surface area contributed by atoms with E-state index in [1.165, 1.54) is 32.1 Å². The molecular formula is C16H21NO3. The summed E-state index contributed by atoms with van der Waals surface area (Å²) in [6.45, 7) is 1.98. The molecule has 1 aliphatic carbocycles. The number of ether oxygens (including phenoxy) is 1. The van der Waals surface area contributed by atoms with Crippen molar-refractivity contribution in [2.24, 2.45) is 5.41 Å². The number of nitrogens with zero attached hydrogens (tertiary/aromatic N) is 1. The number of carboxylic acids is 1. The molecule has 20 heavy (non-hydrogen) atoms. The summed E-state index contributed by atoms with van der Waals surface area (Å²) in [6.07, 6.45) is 6.85. The normalized spacial score (nSPS) is 20.5. The van der Waals surface area contributed by atoms with Crippen LogP contribution >= 0.6 is 0 Å². The van der Waals surface area contributed by atoms with Gasteiger partial charge in [0.15, 0.2) is 6.61 Å². The summed E-state index contributed by atoms with van der Waals surface area (Å²) in [6, 6.07) is 7.75. The molecule has 0 bridgehead atoms. The second-order valence-electron chi connectivity index (χ2n) is 6.10. The van der Waals surface area contributed by atoms with E-state index < -0.39 is 5.97 Å². The largest absolute Gasteiger partial charge is 0.482 e. The van der Waals surface area contributed by atoms with E-state index in [-0.39, 0.29) is 6.61 Å². The van der Waals surface area contributed by atoms with Gasteiger partial charge in [0.1, 0.15) is 5.75 Å². The summed E-state index contributed by atoms with van der Waals surface area (Å²) in [5.74, 6) is -0.310. The molecule has 1 saturated carbocycles. The lowest BCUT2D eigenvalue weighted by Crippen LogP contribution is -2.57. The van der Waals surface area contributed by atoms with Crippen molar-refractivity contribution in [3.63, 3.8) is 0 Å². The zero-order valence-electron chi connectivity index (χ0n) is 11.7. The number of carboxylic acid groups (broad SMARTS) is 1. The molecule has 1 spiro atoms. The van der Waals surface area contributed by atoms with Crippen molar-refractivity contribution in [1.82, 2.24) is 0 Å². The molecule has 1 saturated heterocycles. The topological polar surface area (TPSA) is 49.8 Å². The molecule has 0 unspecified atom stereocenters. The Hall–Kier alpha value is -1.71. The average Bonchev–Trinajstić information content (AvgIpc) is 2.44. The first-order valence-corrected chi connectivity index (χ1v) is 7.37. The number of anilines is 1. The zero-order chi connectivity index (χ0) is 14.0. The number of hydrogen-bond acceptors (Lipinski definition) is 3. The Morgan fingerprint density at radius 1 is 1.25 bits per heavy atom. The van der Waals surface area contributed by atoms with Crippen molar-refractivity contribution in [2.75, 3.05) is 24.6 Å². The highest BCUT2D eigenvalue weighted by Gasteiger charge is 2.43. The molecule has 0 radical (unpaired) electrons. The first kappa shape index (κ1) is 13.3. The monoisotopic (exact) mass is 275 g/mol. The lowest BCUT2D eigenvalue weighted by atomic mass is 9.68. The van der Waals surface area contributed by atoms with Crippen LogP contribution < -0.4 is 9.64 Å². The molecule has 1 N–H and O–H groups in total. The van der Waals surface area contributed by atoms with Crippen LogP contribution in [0.15, 0.2) is 24.3 Å². The maximum absolute atomic E-state index is 10.5. The van der Waals surface area contributed by atoms with Gasteiger partial charge in [0.05, 0.1) is 0 Å². The molecule has 1 aromatic carbocycles. The molecule has 2 aliphatic rings. The van der Waals surface area contributed by atoms with E-state index in [9.17, 15) is 4.79 Å². The first-order chi connectivity index (χ1) is 9.67. The van der Waals surface area contributed by atoms with E-state index >= 15 is 0 Å².